The monoisotopic (exact) mass is 343 g/mol. The van der Waals surface area contributed by atoms with E-state index in [2.05, 4.69) is 14.9 Å². The molecule has 1 N–H and O–H groups in total. The molecule has 1 saturated carbocycles. The number of nitrogens with zero attached hydrogens (tertiary/aromatic N) is 4. The van der Waals surface area contributed by atoms with Crippen LogP contribution in [-0.2, 0) is 10.2 Å². The molecule has 0 spiro atoms. The molecular formula is C14H25N5O3S. The van der Waals surface area contributed by atoms with Crippen LogP contribution in [0.3, 0.4) is 0 Å². The van der Waals surface area contributed by atoms with E-state index < -0.39 is 10.2 Å². The lowest BCUT2D eigenvalue weighted by molar-refractivity contribution is 0.358. The van der Waals surface area contributed by atoms with Crippen molar-refractivity contribution in [3.05, 3.63) is 5.89 Å². The highest BCUT2D eigenvalue weighted by molar-refractivity contribution is 7.87. The molecule has 0 aromatic carbocycles. The van der Waals surface area contributed by atoms with E-state index in [1.54, 1.807) is 0 Å². The van der Waals surface area contributed by atoms with E-state index in [0.717, 1.165) is 25.7 Å². The summed E-state index contributed by atoms with van der Waals surface area (Å²) in [6.07, 6.45) is 4.10. The van der Waals surface area contributed by atoms with E-state index in [0.29, 0.717) is 38.1 Å². The molecule has 23 heavy (non-hydrogen) atoms. The van der Waals surface area contributed by atoms with Crippen LogP contribution >= 0.6 is 0 Å². The van der Waals surface area contributed by atoms with Crippen LogP contribution in [0.15, 0.2) is 4.42 Å². The predicted molar refractivity (Wildman–Crippen MR) is 86.5 cm³/mol. The van der Waals surface area contributed by atoms with Crippen molar-refractivity contribution in [2.75, 3.05) is 31.1 Å². The van der Waals surface area contributed by atoms with Gasteiger partial charge in [-0.3, -0.25) is 0 Å². The Morgan fingerprint density at radius 1 is 1.13 bits per heavy atom. The number of hydrogen-bond acceptors (Lipinski definition) is 6. The molecule has 1 saturated heterocycles. The van der Waals surface area contributed by atoms with Crippen LogP contribution in [0.5, 0.6) is 0 Å². The first kappa shape index (κ1) is 16.7. The minimum absolute atomic E-state index is 0.0996. The second kappa shape index (κ2) is 6.74. The van der Waals surface area contributed by atoms with E-state index in [-0.39, 0.29) is 12.0 Å². The van der Waals surface area contributed by atoms with Crippen molar-refractivity contribution < 1.29 is 12.8 Å². The molecule has 1 aliphatic carbocycles. The normalized spacial score (nSPS) is 21.4. The number of piperazine rings is 1. The Hall–Kier alpha value is -1.19. The molecule has 0 amide bonds. The molecule has 0 atom stereocenters. The summed E-state index contributed by atoms with van der Waals surface area (Å²) < 4.78 is 34.8. The van der Waals surface area contributed by atoms with Gasteiger partial charge in [0.2, 0.25) is 5.89 Å². The van der Waals surface area contributed by atoms with Gasteiger partial charge in [0.25, 0.3) is 10.2 Å². The van der Waals surface area contributed by atoms with Crippen molar-refractivity contribution in [2.24, 2.45) is 0 Å². The third kappa shape index (κ3) is 3.84. The Labute approximate surface area is 137 Å². The lowest BCUT2D eigenvalue weighted by atomic mass is 10.2. The Kier molecular flexibility index (Phi) is 4.88. The molecule has 9 heteroatoms. The number of rotatable bonds is 5. The fourth-order valence-corrected chi connectivity index (χ4v) is 4.49. The molecule has 1 aliphatic heterocycles. The van der Waals surface area contributed by atoms with Crippen molar-refractivity contribution in [3.8, 4) is 0 Å². The minimum atomic E-state index is -3.39. The van der Waals surface area contributed by atoms with Gasteiger partial charge in [-0.1, -0.05) is 31.8 Å². The Morgan fingerprint density at radius 2 is 1.78 bits per heavy atom. The Morgan fingerprint density at radius 3 is 2.35 bits per heavy atom. The van der Waals surface area contributed by atoms with Crippen LogP contribution in [0.2, 0.25) is 0 Å². The van der Waals surface area contributed by atoms with Crippen LogP contribution in [0.25, 0.3) is 0 Å². The van der Waals surface area contributed by atoms with Crippen molar-refractivity contribution in [1.29, 1.82) is 0 Å². The molecule has 2 fully saturated rings. The van der Waals surface area contributed by atoms with Gasteiger partial charge >= 0.3 is 6.01 Å². The maximum atomic E-state index is 12.4. The SMILES string of the molecule is CC(C)c1nnc(N2CCN(S(=O)(=O)NC3CCCC3)CC2)o1. The molecule has 0 bridgehead atoms. The largest absolute Gasteiger partial charge is 0.408 e. The van der Waals surface area contributed by atoms with Crippen LogP contribution in [0, 0.1) is 0 Å². The van der Waals surface area contributed by atoms with E-state index in [9.17, 15) is 8.42 Å². The topological polar surface area (TPSA) is 91.6 Å². The highest BCUT2D eigenvalue weighted by atomic mass is 32.2. The van der Waals surface area contributed by atoms with Gasteiger partial charge in [0.15, 0.2) is 0 Å². The summed E-state index contributed by atoms with van der Waals surface area (Å²) in [6, 6.07) is 0.581. The maximum absolute atomic E-state index is 12.4. The molecule has 3 rings (SSSR count). The van der Waals surface area contributed by atoms with Crippen LogP contribution in [0.1, 0.15) is 51.3 Å². The van der Waals surface area contributed by atoms with Crippen LogP contribution < -0.4 is 9.62 Å². The number of aromatic nitrogens is 2. The smallest absolute Gasteiger partial charge is 0.318 e. The third-order valence-electron chi connectivity index (χ3n) is 4.44. The van der Waals surface area contributed by atoms with Crippen molar-refractivity contribution >= 4 is 16.2 Å². The van der Waals surface area contributed by atoms with Gasteiger partial charge in [-0.05, 0) is 12.8 Å². The van der Waals surface area contributed by atoms with Gasteiger partial charge in [0, 0.05) is 38.1 Å². The summed E-state index contributed by atoms with van der Waals surface area (Å²) in [5, 5.41) is 8.08. The summed E-state index contributed by atoms with van der Waals surface area (Å²) >= 11 is 0. The molecular weight excluding hydrogens is 318 g/mol. The summed E-state index contributed by atoms with van der Waals surface area (Å²) in [5.41, 5.74) is 0. The predicted octanol–water partition coefficient (Wildman–Crippen LogP) is 1.09. The first-order valence-corrected chi connectivity index (χ1v) is 9.75. The molecule has 0 radical (unpaired) electrons. The lowest BCUT2D eigenvalue weighted by Crippen LogP contribution is -2.53. The minimum Gasteiger partial charge on any atom is -0.408 e. The first-order chi connectivity index (χ1) is 11.0. The summed E-state index contributed by atoms with van der Waals surface area (Å²) in [7, 11) is -3.39. The summed E-state index contributed by atoms with van der Waals surface area (Å²) in [5.74, 6) is 0.798. The van der Waals surface area contributed by atoms with E-state index >= 15 is 0 Å². The second-order valence-electron chi connectivity index (χ2n) is 6.57. The quantitative estimate of drug-likeness (QED) is 0.860. The zero-order chi connectivity index (χ0) is 16.4. The molecule has 2 heterocycles. The van der Waals surface area contributed by atoms with Crippen LogP contribution in [-0.4, -0.2) is 55.1 Å². The van der Waals surface area contributed by atoms with Crippen molar-refractivity contribution in [2.45, 2.75) is 51.5 Å². The van der Waals surface area contributed by atoms with E-state index in [4.69, 9.17) is 4.42 Å². The van der Waals surface area contributed by atoms with Gasteiger partial charge < -0.3 is 9.32 Å². The van der Waals surface area contributed by atoms with Gasteiger partial charge in [-0.15, -0.1) is 5.10 Å². The summed E-state index contributed by atoms with van der Waals surface area (Å²) in [4.78, 5) is 1.94. The average Bonchev–Trinajstić information content (AvgIpc) is 3.18. The second-order valence-corrected chi connectivity index (χ2v) is 8.27. The van der Waals surface area contributed by atoms with Crippen molar-refractivity contribution in [3.63, 3.8) is 0 Å². The number of hydrogen-bond donors (Lipinski definition) is 1. The molecule has 130 valence electrons. The highest BCUT2D eigenvalue weighted by Crippen LogP contribution is 2.21. The number of anilines is 1. The molecule has 0 unspecified atom stereocenters. The fraction of sp³-hybridized carbons (Fsp3) is 0.857. The maximum Gasteiger partial charge on any atom is 0.318 e. The van der Waals surface area contributed by atoms with Gasteiger partial charge in [0.1, 0.15) is 0 Å². The van der Waals surface area contributed by atoms with Gasteiger partial charge in [-0.2, -0.15) is 17.4 Å². The third-order valence-corrected chi connectivity index (χ3v) is 6.12. The molecule has 1 aromatic heterocycles. The standard InChI is InChI=1S/C14H25N5O3S/c1-11(2)13-15-16-14(22-13)18-7-9-19(10-8-18)23(20,21)17-12-5-3-4-6-12/h11-12,17H,3-10H2,1-2H3. The zero-order valence-corrected chi connectivity index (χ0v) is 14.5. The van der Waals surface area contributed by atoms with E-state index in [1.807, 2.05) is 18.7 Å². The first-order valence-electron chi connectivity index (χ1n) is 8.31. The fourth-order valence-electron chi connectivity index (χ4n) is 3.04. The van der Waals surface area contributed by atoms with Crippen molar-refractivity contribution in [1.82, 2.24) is 19.2 Å². The van der Waals surface area contributed by atoms with Gasteiger partial charge in [0.05, 0.1) is 0 Å². The lowest BCUT2D eigenvalue weighted by Gasteiger charge is -2.33. The Balaban J connectivity index is 1.56. The zero-order valence-electron chi connectivity index (χ0n) is 13.7. The van der Waals surface area contributed by atoms with E-state index in [1.165, 1.54) is 4.31 Å². The van der Waals surface area contributed by atoms with Gasteiger partial charge in [-0.25, -0.2) is 0 Å². The summed E-state index contributed by atoms with van der Waals surface area (Å²) in [6.45, 7) is 5.98. The highest BCUT2D eigenvalue weighted by Gasteiger charge is 2.31. The molecule has 8 nitrogen and oxygen atoms in total. The van der Waals surface area contributed by atoms with Crippen LogP contribution in [0.4, 0.5) is 6.01 Å². The molecule has 2 aliphatic rings. The Bertz CT molecular complexity index is 616. The molecule has 1 aromatic rings. The average molecular weight is 343 g/mol. The number of nitrogens with one attached hydrogen (secondary N) is 1.